The van der Waals surface area contributed by atoms with Crippen LogP contribution >= 0.6 is 11.3 Å². The van der Waals surface area contributed by atoms with E-state index in [1.54, 1.807) is 17.4 Å². The van der Waals surface area contributed by atoms with Crippen LogP contribution in [0.25, 0.3) is 21.9 Å². The molecule has 4 rings (SSSR count). The highest BCUT2D eigenvalue weighted by Crippen LogP contribution is 2.36. The van der Waals surface area contributed by atoms with Crippen molar-refractivity contribution in [2.45, 2.75) is 52.9 Å². The molecule has 0 fully saturated rings. The summed E-state index contributed by atoms with van der Waals surface area (Å²) >= 11 is 1.61. The number of aryl methyl sites for hydroxylation is 1. The fourth-order valence-corrected chi connectivity index (χ4v) is 5.87. The molecule has 2 aromatic heterocycles. The molecule has 3 aromatic rings. The Morgan fingerprint density at radius 2 is 2.00 bits per heavy atom. The van der Waals surface area contributed by atoms with Gasteiger partial charge in [0, 0.05) is 23.7 Å². The van der Waals surface area contributed by atoms with Crippen molar-refractivity contribution in [3.05, 3.63) is 56.4 Å². The van der Waals surface area contributed by atoms with E-state index in [4.69, 9.17) is 4.98 Å². The first kappa shape index (κ1) is 22.3. The molecule has 6 heteroatoms. The van der Waals surface area contributed by atoms with Gasteiger partial charge in [-0.05, 0) is 67.4 Å². The number of nitrogens with one attached hydrogen (secondary N) is 1. The summed E-state index contributed by atoms with van der Waals surface area (Å²) in [6.07, 6.45) is 7.05. The van der Waals surface area contributed by atoms with E-state index >= 15 is 0 Å². The Morgan fingerprint density at radius 3 is 2.66 bits per heavy atom. The Morgan fingerprint density at radius 1 is 1.28 bits per heavy atom. The van der Waals surface area contributed by atoms with Crippen molar-refractivity contribution in [2.24, 2.45) is 5.92 Å². The highest BCUT2D eigenvalue weighted by Gasteiger charge is 2.23. The number of thiophene rings is 1. The van der Waals surface area contributed by atoms with E-state index in [1.807, 2.05) is 12.1 Å². The van der Waals surface area contributed by atoms with Crippen molar-refractivity contribution in [3.63, 3.8) is 0 Å². The van der Waals surface area contributed by atoms with Crippen LogP contribution in [0.3, 0.4) is 0 Å². The normalized spacial score (nSPS) is 16.1. The molecular weight excluding hydrogens is 416 g/mol. The number of nitrogens with zero attached hydrogens (tertiary/aromatic N) is 3. The summed E-state index contributed by atoms with van der Waals surface area (Å²) in [6.45, 7) is 8.69. The van der Waals surface area contributed by atoms with E-state index in [9.17, 15) is 10.1 Å². The summed E-state index contributed by atoms with van der Waals surface area (Å²) in [7, 11) is 0. The van der Waals surface area contributed by atoms with Crippen molar-refractivity contribution >= 4 is 38.9 Å². The zero-order valence-electron chi connectivity index (χ0n) is 19.1. The molecule has 0 unspecified atom stereocenters. The largest absolute Gasteiger partial charge is 0.372 e. The molecule has 0 saturated heterocycles. The molecule has 0 saturated carbocycles. The number of allylic oxidation sites excluding steroid dienone is 1. The molecule has 1 aliphatic carbocycles. The summed E-state index contributed by atoms with van der Waals surface area (Å²) in [5, 5.41) is 10.5. The number of aromatic nitrogens is 2. The first-order chi connectivity index (χ1) is 15.5. The van der Waals surface area contributed by atoms with Gasteiger partial charge in [-0.1, -0.05) is 32.9 Å². The molecule has 166 valence electrons. The quantitative estimate of drug-likeness (QED) is 0.466. The smallest absolute Gasteiger partial charge is 0.260 e. The highest BCUT2D eigenvalue weighted by atomic mass is 32.1. The fourth-order valence-electron chi connectivity index (χ4n) is 4.49. The van der Waals surface area contributed by atoms with Crippen LogP contribution in [0.15, 0.2) is 29.1 Å². The van der Waals surface area contributed by atoms with Crippen molar-refractivity contribution in [2.75, 3.05) is 18.0 Å². The maximum absolute atomic E-state index is 12.9. The first-order valence-electron chi connectivity index (χ1n) is 11.6. The van der Waals surface area contributed by atoms with Gasteiger partial charge >= 0.3 is 0 Å². The van der Waals surface area contributed by atoms with E-state index in [-0.39, 0.29) is 5.56 Å². The average Bonchev–Trinajstić information content (AvgIpc) is 3.15. The van der Waals surface area contributed by atoms with Gasteiger partial charge in [0.2, 0.25) is 0 Å². The standard InChI is InChI=1S/C26H30N4OS/c1-4-12-30(13-5-2)20-9-7-18(8-10-20)15-19(16-27)24-28-25(31)23-21-11-6-17(3)14-22(21)32-26(23)29-24/h7-10,15,17H,4-6,11-14H2,1-3H3,(H,28,29,31)/b19-15-/t17-/m1/s1. The number of hydrogen-bond donors (Lipinski definition) is 1. The molecule has 0 aliphatic heterocycles. The van der Waals surface area contributed by atoms with E-state index in [2.05, 4.69) is 48.9 Å². The number of hydrogen-bond acceptors (Lipinski definition) is 5. The van der Waals surface area contributed by atoms with Crippen LogP contribution in [0.5, 0.6) is 0 Å². The minimum Gasteiger partial charge on any atom is -0.372 e. The Labute approximate surface area is 193 Å². The van der Waals surface area contributed by atoms with Crippen molar-refractivity contribution in [1.82, 2.24) is 9.97 Å². The molecule has 0 spiro atoms. The molecule has 1 N–H and O–H groups in total. The van der Waals surface area contributed by atoms with Crippen LogP contribution in [-0.4, -0.2) is 23.1 Å². The lowest BCUT2D eigenvalue weighted by Crippen LogP contribution is -2.24. The third kappa shape index (κ3) is 4.49. The van der Waals surface area contributed by atoms with Gasteiger partial charge in [0.1, 0.15) is 10.9 Å². The SMILES string of the molecule is CCCN(CCC)c1ccc(/C=C(/C#N)c2nc3sc4c(c3c(=O)[nH]2)CC[C@@H](C)C4)cc1. The summed E-state index contributed by atoms with van der Waals surface area (Å²) in [6, 6.07) is 10.5. The lowest BCUT2D eigenvalue weighted by atomic mass is 9.89. The van der Waals surface area contributed by atoms with E-state index < -0.39 is 0 Å². The Bertz CT molecular complexity index is 1220. The number of rotatable bonds is 7. The maximum atomic E-state index is 12.9. The maximum Gasteiger partial charge on any atom is 0.260 e. The average molecular weight is 447 g/mol. The molecule has 1 atom stereocenters. The number of fused-ring (bicyclic) bond motifs is 3. The molecule has 5 nitrogen and oxygen atoms in total. The summed E-state index contributed by atoms with van der Waals surface area (Å²) in [4.78, 5) is 24.9. The third-order valence-corrected chi connectivity index (χ3v) is 7.25. The van der Waals surface area contributed by atoms with Gasteiger partial charge in [0.25, 0.3) is 5.56 Å². The molecule has 32 heavy (non-hydrogen) atoms. The molecule has 0 radical (unpaired) electrons. The van der Waals surface area contributed by atoms with Crippen molar-refractivity contribution in [1.29, 1.82) is 5.26 Å². The molecule has 1 aromatic carbocycles. The molecule has 0 bridgehead atoms. The lowest BCUT2D eigenvalue weighted by Gasteiger charge is -2.23. The van der Waals surface area contributed by atoms with Gasteiger partial charge in [-0.3, -0.25) is 4.79 Å². The second kappa shape index (κ2) is 9.70. The molecular formula is C26H30N4OS. The number of benzene rings is 1. The fraction of sp³-hybridized carbons (Fsp3) is 0.423. The lowest BCUT2D eigenvalue weighted by molar-refractivity contribution is 0.509. The summed E-state index contributed by atoms with van der Waals surface area (Å²) in [5.74, 6) is 0.983. The minimum atomic E-state index is -0.136. The van der Waals surface area contributed by atoms with Crippen LogP contribution in [0.2, 0.25) is 0 Å². The predicted octanol–water partition coefficient (Wildman–Crippen LogP) is 5.80. The second-order valence-electron chi connectivity index (χ2n) is 8.69. The Kier molecular flexibility index (Phi) is 6.76. The molecule has 1 aliphatic rings. The third-order valence-electron chi connectivity index (χ3n) is 6.10. The Hall–Kier alpha value is -2.91. The van der Waals surface area contributed by atoms with E-state index in [0.717, 1.165) is 61.2 Å². The van der Waals surface area contributed by atoms with Crippen LogP contribution in [0, 0.1) is 17.2 Å². The van der Waals surface area contributed by atoms with Gasteiger partial charge in [-0.15, -0.1) is 11.3 Å². The number of aromatic amines is 1. The van der Waals surface area contributed by atoms with E-state index in [1.165, 1.54) is 10.6 Å². The van der Waals surface area contributed by atoms with Crippen molar-refractivity contribution in [3.8, 4) is 6.07 Å². The summed E-state index contributed by atoms with van der Waals surface area (Å²) in [5.41, 5.74) is 3.50. The zero-order valence-corrected chi connectivity index (χ0v) is 19.9. The first-order valence-corrected chi connectivity index (χ1v) is 12.4. The minimum absolute atomic E-state index is 0.136. The van der Waals surface area contributed by atoms with Crippen LogP contribution in [0.4, 0.5) is 5.69 Å². The van der Waals surface area contributed by atoms with E-state index in [0.29, 0.717) is 22.7 Å². The number of nitriles is 1. The Balaban J connectivity index is 1.66. The number of H-pyrrole nitrogens is 1. The predicted molar refractivity (Wildman–Crippen MR) is 134 cm³/mol. The second-order valence-corrected chi connectivity index (χ2v) is 9.78. The van der Waals surface area contributed by atoms with Crippen molar-refractivity contribution < 1.29 is 0 Å². The highest BCUT2D eigenvalue weighted by molar-refractivity contribution is 7.18. The van der Waals surface area contributed by atoms with Crippen LogP contribution in [0.1, 0.15) is 61.9 Å². The monoisotopic (exact) mass is 446 g/mol. The van der Waals surface area contributed by atoms with Crippen LogP contribution < -0.4 is 10.5 Å². The van der Waals surface area contributed by atoms with Gasteiger partial charge < -0.3 is 9.88 Å². The zero-order chi connectivity index (χ0) is 22.7. The molecule has 0 amide bonds. The van der Waals surface area contributed by atoms with Gasteiger partial charge in [0.05, 0.1) is 11.0 Å². The number of anilines is 1. The topological polar surface area (TPSA) is 72.8 Å². The van der Waals surface area contributed by atoms with Gasteiger partial charge in [-0.25, -0.2) is 4.98 Å². The van der Waals surface area contributed by atoms with Crippen LogP contribution in [-0.2, 0) is 12.8 Å². The molecule has 2 heterocycles. The summed E-state index contributed by atoms with van der Waals surface area (Å²) < 4.78 is 0. The van der Waals surface area contributed by atoms with Gasteiger partial charge in [-0.2, -0.15) is 5.26 Å². The van der Waals surface area contributed by atoms with Gasteiger partial charge in [0.15, 0.2) is 5.82 Å².